The van der Waals surface area contributed by atoms with Gasteiger partial charge in [-0.1, -0.05) is 18.2 Å². The molecule has 2 aromatic carbocycles. The molecule has 1 atom stereocenters. The standard InChI is InChI=1S/C18H17N3O4/c1-11-18(17(2,3)13-6-4-5-7-15(13)20(18)22)25-16-10-12(21(23)24)8-9-14(16)19-11/h4-10,22H,1-3H3/t18-/m1/s1. The number of nitro groups is 1. The van der Waals surface area contributed by atoms with Crippen molar-refractivity contribution >= 4 is 22.8 Å². The van der Waals surface area contributed by atoms with Crippen molar-refractivity contribution in [1.82, 2.24) is 0 Å². The summed E-state index contributed by atoms with van der Waals surface area (Å²) in [4.78, 5) is 15.2. The van der Waals surface area contributed by atoms with Crippen molar-refractivity contribution in [3.05, 3.63) is 58.1 Å². The molecule has 0 amide bonds. The van der Waals surface area contributed by atoms with Gasteiger partial charge in [-0.3, -0.25) is 15.3 Å². The third kappa shape index (κ3) is 1.81. The zero-order valence-corrected chi connectivity index (χ0v) is 14.1. The van der Waals surface area contributed by atoms with Crippen LogP contribution in [0.4, 0.5) is 17.1 Å². The molecule has 0 saturated heterocycles. The van der Waals surface area contributed by atoms with Crippen molar-refractivity contribution in [2.45, 2.75) is 31.9 Å². The molecule has 0 radical (unpaired) electrons. The van der Waals surface area contributed by atoms with Crippen LogP contribution in [0.2, 0.25) is 0 Å². The topological polar surface area (TPSA) is 88.2 Å². The number of anilines is 1. The Morgan fingerprint density at radius 1 is 1.24 bits per heavy atom. The van der Waals surface area contributed by atoms with Crippen LogP contribution >= 0.6 is 0 Å². The maximum atomic E-state index is 11.1. The van der Waals surface area contributed by atoms with Crippen molar-refractivity contribution in [3.8, 4) is 5.75 Å². The van der Waals surface area contributed by atoms with Crippen LogP contribution < -0.4 is 9.80 Å². The summed E-state index contributed by atoms with van der Waals surface area (Å²) in [5, 5.41) is 23.1. The Hall–Kier alpha value is -2.93. The molecular formula is C18H17N3O4. The minimum absolute atomic E-state index is 0.0820. The van der Waals surface area contributed by atoms with Gasteiger partial charge in [-0.25, -0.2) is 10.1 Å². The molecule has 25 heavy (non-hydrogen) atoms. The predicted molar refractivity (Wildman–Crippen MR) is 93.0 cm³/mol. The van der Waals surface area contributed by atoms with Gasteiger partial charge in [0.15, 0.2) is 5.75 Å². The monoisotopic (exact) mass is 339 g/mol. The van der Waals surface area contributed by atoms with Gasteiger partial charge in [0.25, 0.3) is 11.4 Å². The summed E-state index contributed by atoms with van der Waals surface area (Å²) in [6, 6.07) is 11.8. The molecule has 2 heterocycles. The smallest absolute Gasteiger partial charge is 0.273 e. The molecule has 0 saturated carbocycles. The summed E-state index contributed by atoms with van der Waals surface area (Å²) in [7, 11) is 0. The van der Waals surface area contributed by atoms with Crippen LogP contribution in [0.5, 0.6) is 5.75 Å². The number of para-hydroxylation sites is 1. The number of non-ortho nitro benzene ring substituents is 1. The second-order valence-electron chi connectivity index (χ2n) is 6.81. The van der Waals surface area contributed by atoms with E-state index in [1.165, 1.54) is 12.1 Å². The third-order valence-corrected chi connectivity index (χ3v) is 5.14. The predicted octanol–water partition coefficient (Wildman–Crippen LogP) is 3.96. The Balaban J connectivity index is 1.93. The van der Waals surface area contributed by atoms with Gasteiger partial charge in [-0.05, 0) is 38.5 Å². The highest BCUT2D eigenvalue weighted by molar-refractivity contribution is 6.00. The number of aliphatic imine (C=N–C) groups is 1. The van der Waals surface area contributed by atoms with E-state index in [9.17, 15) is 15.3 Å². The van der Waals surface area contributed by atoms with Crippen molar-refractivity contribution < 1.29 is 14.9 Å². The summed E-state index contributed by atoms with van der Waals surface area (Å²) in [5.41, 5.74) is 0.664. The summed E-state index contributed by atoms with van der Waals surface area (Å²) < 4.78 is 6.23. The maximum absolute atomic E-state index is 11.1. The number of rotatable bonds is 1. The molecule has 1 spiro atoms. The van der Waals surface area contributed by atoms with Crippen LogP contribution in [0.15, 0.2) is 47.5 Å². The third-order valence-electron chi connectivity index (χ3n) is 5.14. The van der Waals surface area contributed by atoms with Crippen LogP contribution in [0.3, 0.4) is 0 Å². The summed E-state index contributed by atoms with van der Waals surface area (Å²) in [6.45, 7) is 5.72. The number of benzene rings is 2. The van der Waals surface area contributed by atoms with Crippen LogP contribution in [-0.2, 0) is 5.41 Å². The maximum Gasteiger partial charge on any atom is 0.273 e. The number of fused-ring (bicyclic) bond motifs is 2. The first-order valence-corrected chi connectivity index (χ1v) is 7.91. The number of nitro benzene ring substituents is 1. The molecule has 0 aliphatic carbocycles. The second-order valence-corrected chi connectivity index (χ2v) is 6.81. The van der Waals surface area contributed by atoms with Crippen molar-refractivity contribution in [2.75, 3.05) is 5.06 Å². The minimum Gasteiger partial charge on any atom is -0.457 e. The van der Waals surface area contributed by atoms with Crippen molar-refractivity contribution in [1.29, 1.82) is 0 Å². The first-order valence-electron chi connectivity index (χ1n) is 7.91. The molecule has 0 unspecified atom stereocenters. The second kappa shape index (κ2) is 4.80. The number of hydrogen-bond acceptors (Lipinski definition) is 6. The zero-order valence-electron chi connectivity index (χ0n) is 14.1. The lowest BCUT2D eigenvalue weighted by molar-refractivity contribution is -0.385. The van der Waals surface area contributed by atoms with E-state index in [0.29, 0.717) is 17.1 Å². The summed E-state index contributed by atoms with van der Waals surface area (Å²) in [5.74, 6) is 0.278. The van der Waals surface area contributed by atoms with Gasteiger partial charge in [0, 0.05) is 6.07 Å². The van der Waals surface area contributed by atoms with Crippen LogP contribution in [0.1, 0.15) is 26.3 Å². The van der Waals surface area contributed by atoms with Crippen LogP contribution in [-0.4, -0.2) is 21.6 Å². The molecule has 2 aliphatic rings. The van der Waals surface area contributed by atoms with E-state index >= 15 is 0 Å². The highest BCUT2D eigenvalue weighted by Crippen LogP contribution is 2.55. The molecule has 2 aromatic rings. The summed E-state index contributed by atoms with van der Waals surface area (Å²) >= 11 is 0. The van der Waals surface area contributed by atoms with Gasteiger partial charge in [-0.2, -0.15) is 0 Å². The van der Waals surface area contributed by atoms with Crippen molar-refractivity contribution in [2.24, 2.45) is 4.99 Å². The van der Waals surface area contributed by atoms with Crippen LogP contribution in [0.25, 0.3) is 0 Å². The average Bonchev–Trinajstić information content (AvgIpc) is 2.75. The Morgan fingerprint density at radius 3 is 2.64 bits per heavy atom. The lowest BCUT2D eigenvalue weighted by Gasteiger charge is -2.46. The lowest BCUT2D eigenvalue weighted by Crippen LogP contribution is -2.64. The minimum atomic E-state index is -1.26. The molecular weight excluding hydrogens is 322 g/mol. The molecule has 2 aliphatic heterocycles. The van der Waals surface area contributed by atoms with Gasteiger partial charge in [-0.15, -0.1) is 0 Å². The van der Waals surface area contributed by atoms with Crippen LogP contribution in [0, 0.1) is 10.1 Å². The largest absolute Gasteiger partial charge is 0.457 e. The Bertz CT molecular complexity index is 938. The first-order chi connectivity index (χ1) is 11.8. The highest BCUT2D eigenvalue weighted by atomic mass is 16.6. The molecule has 0 fully saturated rings. The average molecular weight is 339 g/mol. The van der Waals surface area contributed by atoms with Gasteiger partial charge in [0.05, 0.1) is 27.8 Å². The van der Waals surface area contributed by atoms with E-state index in [0.717, 1.165) is 10.6 Å². The van der Waals surface area contributed by atoms with Gasteiger partial charge in [0.1, 0.15) is 5.69 Å². The number of nitrogens with zero attached hydrogens (tertiary/aromatic N) is 3. The number of hydroxylamine groups is 1. The fourth-order valence-corrected chi connectivity index (χ4v) is 3.86. The van der Waals surface area contributed by atoms with E-state index in [-0.39, 0.29) is 11.4 Å². The molecule has 0 bridgehead atoms. The Kier molecular flexibility index (Phi) is 2.99. The van der Waals surface area contributed by atoms with Gasteiger partial charge >= 0.3 is 0 Å². The van der Waals surface area contributed by atoms with Crippen molar-refractivity contribution in [3.63, 3.8) is 0 Å². The van der Waals surface area contributed by atoms with Gasteiger partial charge in [0.2, 0.25) is 0 Å². The highest BCUT2D eigenvalue weighted by Gasteiger charge is 2.63. The molecule has 128 valence electrons. The quantitative estimate of drug-likeness (QED) is 0.627. The fraction of sp³-hybridized carbons (Fsp3) is 0.278. The van der Waals surface area contributed by atoms with E-state index < -0.39 is 16.1 Å². The van der Waals surface area contributed by atoms with E-state index in [2.05, 4.69) is 4.99 Å². The molecule has 4 rings (SSSR count). The lowest BCUT2D eigenvalue weighted by atomic mass is 9.75. The Morgan fingerprint density at radius 2 is 1.96 bits per heavy atom. The number of hydrogen-bond donors (Lipinski definition) is 1. The van der Waals surface area contributed by atoms with E-state index in [4.69, 9.17) is 4.74 Å². The first kappa shape index (κ1) is 15.6. The molecule has 1 N–H and O–H groups in total. The number of ether oxygens (including phenoxy) is 1. The van der Waals surface area contributed by atoms with Gasteiger partial charge < -0.3 is 4.74 Å². The van der Waals surface area contributed by atoms with E-state index in [1.54, 1.807) is 13.0 Å². The fourth-order valence-electron chi connectivity index (χ4n) is 3.86. The van der Waals surface area contributed by atoms with E-state index in [1.807, 2.05) is 38.1 Å². The zero-order chi connectivity index (χ0) is 18.0. The molecule has 7 nitrogen and oxygen atoms in total. The summed E-state index contributed by atoms with van der Waals surface area (Å²) in [6.07, 6.45) is 0. The Labute approximate surface area is 144 Å². The SMILES string of the molecule is CC1=Nc2ccc([N+](=O)[O-])cc2O[C@]12N(O)c1ccccc1C2(C)C. The normalized spacial score (nSPS) is 22.9. The molecule has 0 aromatic heterocycles. The molecule has 7 heteroatoms.